The molecule has 0 unspecified atom stereocenters. The molecule has 2 aromatic heterocycles. The molecule has 0 radical (unpaired) electrons. The van der Waals surface area contributed by atoms with Crippen molar-refractivity contribution in [2.45, 2.75) is 32.5 Å². The van der Waals surface area contributed by atoms with E-state index >= 15 is 0 Å². The van der Waals surface area contributed by atoms with Gasteiger partial charge in [0, 0.05) is 11.1 Å². The normalized spacial score (nSPS) is 11.0. The molecule has 30 heavy (non-hydrogen) atoms. The number of thioether (sulfide) groups is 1. The minimum Gasteiger partial charge on any atom is -0.467 e. The fourth-order valence-corrected chi connectivity index (χ4v) is 4.19. The standard InChI is InChI=1S/C24H23N3O2S/c1-16-12-18(3)21(13-17(16)2)22(28)15-30-24-26-25-23(19-8-5-4-6-9-19)27(24)14-20-10-7-11-29-20/h4-13H,14-15H2,1-3H3. The number of hydrogen-bond acceptors (Lipinski definition) is 5. The molecule has 0 bridgehead atoms. The van der Waals surface area contributed by atoms with E-state index in [0.29, 0.717) is 17.5 Å². The van der Waals surface area contributed by atoms with Crippen LogP contribution >= 0.6 is 11.8 Å². The van der Waals surface area contributed by atoms with Crippen LogP contribution in [0.3, 0.4) is 0 Å². The maximum Gasteiger partial charge on any atom is 0.192 e. The van der Waals surface area contributed by atoms with Gasteiger partial charge >= 0.3 is 0 Å². The van der Waals surface area contributed by atoms with Crippen LogP contribution in [-0.4, -0.2) is 26.3 Å². The molecule has 0 N–H and O–H groups in total. The van der Waals surface area contributed by atoms with Crippen molar-refractivity contribution in [3.8, 4) is 11.4 Å². The first kappa shape index (κ1) is 20.2. The van der Waals surface area contributed by atoms with Crippen molar-refractivity contribution in [1.29, 1.82) is 0 Å². The molecule has 4 rings (SSSR count). The summed E-state index contributed by atoms with van der Waals surface area (Å²) in [5.41, 5.74) is 5.07. The molecule has 0 atom stereocenters. The molecule has 0 saturated carbocycles. The Morgan fingerprint density at radius 2 is 1.73 bits per heavy atom. The fourth-order valence-electron chi connectivity index (χ4n) is 3.37. The van der Waals surface area contributed by atoms with E-state index in [-0.39, 0.29) is 5.78 Å². The molecule has 0 aliphatic carbocycles. The van der Waals surface area contributed by atoms with Crippen LogP contribution in [-0.2, 0) is 6.54 Å². The van der Waals surface area contributed by atoms with Crippen LogP contribution in [0.15, 0.2) is 70.4 Å². The Morgan fingerprint density at radius 3 is 2.47 bits per heavy atom. The lowest BCUT2D eigenvalue weighted by Gasteiger charge is -2.10. The Balaban J connectivity index is 1.60. The first-order valence-corrected chi connectivity index (χ1v) is 10.8. The first-order valence-electron chi connectivity index (χ1n) is 9.78. The third-order valence-corrected chi connectivity index (χ3v) is 6.08. The number of furan rings is 1. The number of ketones is 1. The van der Waals surface area contributed by atoms with E-state index in [1.54, 1.807) is 6.26 Å². The molecule has 0 amide bonds. The lowest BCUT2D eigenvalue weighted by molar-refractivity contribution is 0.102. The van der Waals surface area contributed by atoms with Gasteiger partial charge < -0.3 is 4.42 Å². The van der Waals surface area contributed by atoms with E-state index in [1.807, 2.05) is 66.9 Å². The molecular formula is C24H23N3O2S. The molecule has 0 spiro atoms. The summed E-state index contributed by atoms with van der Waals surface area (Å²) in [5, 5.41) is 9.47. The third-order valence-electron chi connectivity index (χ3n) is 5.12. The highest BCUT2D eigenvalue weighted by Gasteiger charge is 2.18. The van der Waals surface area contributed by atoms with E-state index in [0.717, 1.165) is 33.8 Å². The Labute approximate surface area is 180 Å². The molecule has 0 aliphatic rings. The van der Waals surface area contributed by atoms with Crippen molar-refractivity contribution in [2.75, 3.05) is 5.75 Å². The van der Waals surface area contributed by atoms with Crippen LogP contribution in [0.1, 0.15) is 32.8 Å². The predicted molar refractivity (Wildman–Crippen MR) is 119 cm³/mol. The number of hydrogen-bond donors (Lipinski definition) is 0. The van der Waals surface area contributed by atoms with Gasteiger partial charge in [0.2, 0.25) is 0 Å². The molecule has 152 valence electrons. The summed E-state index contributed by atoms with van der Waals surface area (Å²) in [5.74, 6) is 1.96. The van der Waals surface area contributed by atoms with Crippen molar-refractivity contribution >= 4 is 17.5 Å². The minimum absolute atomic E-state index is 0.0920. The second-order valence-electron chi connectivity index (χ2n) is 7.30. The van der Waals surface area contributed by atoms with E-state index in [1.165, 1.54) is 17.3 Å². The summed E-state index contributed by atoms with van der Waals surface area (Å²) in [6, 6.07) is 17.8. The zero-order valence-electron chi connectivity index (χ0n) is 17.3. The number of carbonyl (C=O) groups is 1. The maximum absolute atomic E-state index is 12.9. The van der Waals surface area contributed by atoms with Gasteiger partial charge in [0.25, 0.3) is 0 Å². The number of aryl methyl sites for hydroxylation is 3. The van der Waals surface area contributed by atoms with Crippen molar-refractivity contribution in [2.24, 2.45) is 0 Å². The highest BCUT2D eigenvalue weighted by atomic mass is 32.2. The molecule has 4 aromatic rings. The van der Waals surface area contributed by atoms with Gasteiger partial charge in [0.15, 0.2) is 16.8 Å². The number of carbonyl (C=O) groups excluding carboxylic acids is 1. The van der Waals surface area contributed by atoms with Gasteiger partial charge in [-0.1, -0.05) is 48.2 Å². The second-order valence-corrected chi connectivity index (χ2v) is 8.24. The second kappa shape index (κ2) is 8.71. The molecule has 0 fully saturated rings. The van der Waals surface area contributed by atoms with Crippen LogP contribution in [0, 0.1) is 20.8 Å². The zero-order valence-corrected chi connectivity index (χ0v) is 18.1. The predicted octanol–water partition coefficient (Wildman–Crippen LogP) is 5.49. The van der Waals surface area contributed by atoms with E-state index < -0.39 is 0 Å². The molecule has 2 heterocycles. The van der Waals surface area contributed by atoms with Crippen LogP contribution in [0.2, 0.25) is 0 Å². The highest BCUT2D eigenvalue weighted by Crippen LogP contribution is 2.26. The zero-order chi connectivity index (χ0) is 21.1. The van der Waals surface area contributed by atoms with Crippen LogP contribution < -0.4 is 0 Å². The Morgan fingerprint density at radius 1 is 0.967 bits per heavy atom. The largest absolute Gasteiger partial charge is 0.467 e. The average molecular weight is 418 g/mol. The number of rotatable bonds is 7. The van der Waals surface area contributed by atoms with Crippen LogP contribution in [0.5, 0.6) is 0 Å². The summed E-state index contributed by atoms with van der Waals surface area (Å²) in [6.07, 6.45) is 1.65. The summed E-state index contributed by atoms with van der Waals surface area (Å²) in [7, 11) is 0. The molecule has 6 heteroatoms. The van der Waals surface area contributed by atoms with Crippen molar-refractivity contribution in [3.63, 3.8) is 0 Å². The first-order chi connectivity index (χ1) is 14.5. The molecule has 0 saturated heterocycles. The minimum atomic E-state index is 0.0920. The number of aromatic nitrogens is 3. The van der Waals surface area contributed by atoms with E-state index in [4.69, 9.17) is 4.42 Å². The van der Waals surface area contributed by atoms with Gasteiger partial charge in [-0.05, 0) is 55.7 Å². The molecule has 2 aromatic carbocycles. The number of nitrogens with zero attached hydrogens (tertiary/aromatic N) is 3. The van der Waals surface area contributed by atoms with Gasteiger partial charge in [-0.15, -0.1) is 10.2 Å². The Hall–Kier alpha value is -3.12. The monoisotopic (exact) mass is 417 g/mol. The van der Waals surface area contributed by atoms with Gasteiger partial charge in [0.1, 0.15) is 5.76 Å². The quantitative estimate of drug-likeness (QED) is 0.294. The highest BCUT2D eigenvalue weighted by molar-refractivity contribution is 7.99. The van der Waals surface area contributed by atoms with Gasteiger partial charge in [-0.3, -0.25) is 9.36 Å². The van der Waals surface area contributed by atoms with Crippen molar-refractivity contribution in [1.82, 2.24) is 14.8 Å². The topological polar surface area (TPSA) is 60.9 Å². The van der Waals surface area contributed by atoms with Crippen molar-refractivity contribution in [3.05, 3.63) is 88.9 Å². The SMILES string of the molecule is Cc1cc(C)c(C(=O)CSc2nnc(-c3ccccc3)n2Cc2ccco2)cc1C. The van der Waals surface area contributed by atoms with Gasteiger partial charge in [-0.2, -0.15) is 0 Å². The molecular weight excluding hydrogens is 394 g/mol. The van der Waals surface area contributed by atoms with Gasteiger partial charge in [-0.25, -0.2) is 0 Å². The Kier molecular flexibility index (Phi) is 5.86. The lowest BCUT2D eigenvalue weighted by atomic mass is 9.99. The lowest BCUT2D eigenvalue weighted by Crippen LogP contribution is -2.08. The van der Waals surface area contributed by atoms with Crippen molar-refractivity contribution < 1.29 is 9.21 Å². The third kappa shape index (κ3) is 4.24. The average Bonchev–Trinajstić information content (AvgIpc) is 3.40. The summed E-state index contributed by atoms with van der Waals surface area (Å²) in [4.78, 5) is 12.9. The maximum atomic E-state index is 12.9. The Bertz CT molecular complexity index is 1160. The van der Waals surface area contributed by atoms with Crippen LogP contribution in [0.25, 0.3) is 11.4 Å². The van der Waals surface area contributed by atoms with Gasteiger partial charge in [0.05, 0.1) is 18.6 Å². The summed E-state index contributed by atoms with van der Waals surface area (Å²) < 4.78 is 7.53. The smallest absolute Gasteiger partial charge is 0.192 e. The summed E-state index contributed by atoms with van der Waals surface area (Å²) >= 11 is 1.40. The molecule has 0 aliphatic heterocycles. The fraction of sp³-hybridized carbons (Fsp3) is 0.208. The van der Waals surface area contributed by atoms with Crippen LogP contribution in [0.4, 0.5) is 0 Å². The summed E-state index contributed by atoms with van der Waals surface area (Å²) in [6.45, 7) is 6.58. The molecule has 5 nitrogen and oxygen atoms in total. The number of benzene rings is 2. The van der Waals surface area contributed by atoms with E-state index in [2.05, 4.69) is 23.2 Å². The number of Topliss-reactive ketones (excluding diaryl/α,β-unsaturated/α-hetero) is 1. The van der Waals surface area contributed by atoms with E-state index in [9.17, 15) is 4.79 Å².